The van der Waals surface area contributed by atoms with Crippen molar-refractivity contribution in [1.82, 2.24) is 14.5 Å². The van der Waals surface area contributed by atoms with Gasteiger partial charge in [0.25, 0.3) is 15.6 Å². The van der Waals surface area contributed by atoms with E-state index in [1.165, 1.54) is 19.4 Å². The van der Waals surface area contributed by atoms with Gasteiger partial charge in [0.2, 0.25) is 5.88 Å². The number of fused-ring (bicyclic) bond motifs is 1. The number of aromatic amines is 1. The van der Waals surface area contributed by atoms with Crippen molar-refractivity contribution in [3.05, 3.63) is 105 Å². The number of hydrogen-bond donors (Lipinski definition) is 2. The minimum absolute atomic E-state index is 0.104. The quantitative estimate of drug-likeness (QED) is 0.281. The molecule has 14 heteroatoms. The molecule has 1 fully saturated rings. The number of benzene rings is 3. The van der Waals surface area contributed by atoms with Crippen molar-refractivity contribution >= 4 is 32.3 Å². The topological polar surface area (TPSA) is 136 Å². The third-order valence-corrected chi connectivity index (χ3v) is 8.57. The molecule has 2 aromatic heterocycles. The third kappa shape index (κ3) is 5.52. The van der Waals surface area contributed by atoms with Gasteiger partial charge in [0.05, 0.1) is 36.9 Å². The van der Waals surface area contributed by atoms with Crippen molar-refractivity contribution in [3.8, 4) is 22.7 Å². The van der Waals surface area contributed by atoms with Crippen molar-refractivity contribution in [1.29, 1.82) is 0 Å². The first-order valence-corrected chi connectivity index (χ1v) is 14.9. The number of morpholine rings is 1. The first-order valence-electron chi connectivity index (χ1n) is 13.4. The first-order chi connectivity index (χ1) is 21.1. The number of methoxy groups -OCH3 is 1. The van der Waals surface area contributed by atoms with E-state index in [9.17, 15) is 26.8 Å². The van der Waals surface area contributed by atoms with Crippen LogP contribution in [0, 0.1) is 11.6 Å². The molecule has 226 valence electrons. The number of ether oxygens (including phenoxy) is 2. The zero-order valence-electron chi connectivity index (χ0n) is 23.2. The van der Waals surface area contributed by atoms with E-state index in [4.69, 9.17) is 9.47 Å². The van der Waals surface area contributed by atoms with Gasteiger partial charge < -0.3 is 19.4 Å². The SMILES string of the molecule is COc1ncc(-c2ccc3[nH]c(=O)n(-c4cccc(N5CCOCC5)c4)c(=O)c3c2)cc1NS(=O)(=O)c1ccc(F)cc1F. The first kappa shape index (κ1) is 29.0. The highest BCUT2D eigenvalue weighted by Crippen LogP contribution is 2.31. The molecule has 1 saturated heterocycles. The minimum Gasteiger partial charge on any atom is -0.480 e. The van der Waals surface area contributed by atoms with Crippen LogP contribution in [0.2, 0.25) is 0 Å². The van der Waals surface area contributed by atoms with Crippen molar-refractivity contribution in [3.63, 3.8) is 0 Å². The predicted molar refractivity (Wildman–Crippen MR) is 160 cm³/mol. The molecule has 0 aliphatic carbocycles. The molecule has 6 rings (SSSR count). The Morgan fingerprint density at radius 1 is 0.955 bits per heavy atom. The van der Waals surface area contributed by atoms with Gasteiger partial charge in [-0.05, 0) is 54.1 Å². The lowest BCUT2D eigenvalue weighted by atomic mass is 10.0. The van der Waals surface area contributed by atoms with Crippen LogP contribution in [0.5, 0.6) is 5.88 Å². The summed E-state index contributed by atoms with van der Waals surface area (Å²) in [7, 11) is -3.22. The molecule has 0 saturated carbocycles. The Bertz CT molecular complexity index is 2130. The maximum absolute atomic E-state index is 14.3. The lowest BCUT2D eigenvalue weighted by Crippen LogP contribution is -2.37. The van der Waals surface area contributed by atoms with Gasteiger partial charge in [-0.25, -0.2) is 31.5 Å². The van der Waals surface area contributed by atoms with Gasteiger partial charge >= 0.3 is 5.69 Å². The number of nitrogens with zero attached hydrogens (tertiary/aromatic N) is 3. The van der Waals surface area contributed by atoms with E-state index in [0.717, 1.165) is 22.4 Å². The van der Waals surface area contributed by atoms with Gasteiger partial charge in [0.15, 0.2) is 0 Å². The molecule has 5 aromatic rings. The van der Waals surface area contributed by atoms with Crippen LogP contribution in [0.25, 0.3) is 27.7 Å². The van der Waals surface area contributed by atoms with Crippen molar-refractivity contribution in [2.75, 3.05) is 43.0 Å². The van der Waals surface area contributed by atoms with Crippen molar-refractivity contribution in [2.24, 2.45) is 0 Å². The second kappa shape index (κ2) is 11.5. The molecule has 0 unspecified atom stereocenters. The smallest absolute Gasteiger partial charge is 0.333 e. The van der Waals surface area contributed by atoms with Crippen LogP contribution in [-0.2, 0) is 14.8 Å². The number of H-pyrrole nitrogens is 1. The van der Waals surface area contributed by atoms with Crippen LogP contribution < -0.4 is 25.6 Å². The van der Waals surface area contributed by atoms with Crippen LogP contribution in [0.15, 0.2) is 87.4 Å². The molecular formula is C30H25F2N5O6S. The van der Waals surface area contributed by atoms with Crippen molar-refractivity contribution < 1.29 is 26.7 Å². The molecular weight excluding hydrogens is 596 g/mol. The Balaban J connectivity index is 1.40. The minimum atomic E-state index is -4.50. The fraction of sp³-hybridized carbons (Fsp3) is 0.167. The highest BCUT2D eigenvalue weighted by Gasteiger charge is 2.23. The van der Waals surface area contributed by atoms with Crippen LogP contribution in [0.1, 0.15) is 0 Å². The van der Waals surface area contributed by atoms with E-state index in [1.807, 2.05) is 6.07 Å². The molecule has 0 radical (unpaired) electrons. The van der Waals surface area contributed by atoms with E-state index >= 15 is 0 Å². The Morgan fingerprint density at radius 2 is 1.73 bits per heavy atom. The fourth-order valence-electron chi connectivity index (χ4n) is 5.02. The molecule has 0 spiro atoms. The number of nitrogens with one attached hydrogen (secondary N) is 2. The van der Waals surface area contributed by atoms with Crippen LogP contribution >= 0.6 is 0 Å². The second-order valence-corrected chi connectivity index (χ2v) is 11.6. The molecule has 44 heavy (non-hydrogen) atoms. The lowest BCUT2D eigenvalue weighted by Gasteiger charge is -2.29. The van der Waals surface area contributed by atoms with Gasteiger partial charge in [-0.1, -0.05) is 12.1 Å². The summed E-state index contributed by atoms with van der Waals surface area (Å²) in [6.07, 6.45) is 1.41. The molecule has 3 aromatic carbocycles. The van der Waals surface area contributed by atoms with Crippen LogP contribution in [0.3, 0.4) is 0 Å². The maximum atomic E-state index is 14.3. The summed E-state index contributed by atoms with van der Waals surface area (Å²) in [6, 6.07) is 15.4. The average molecular weight is 622 g/mol. The molecule has 2 N–H and O–H groups in total. The second-order valence-electron chi connectivity index (χ2n) is 9.91. The molecule has 0 amide bonds. The largest absolute Gasteiger partial charge is 0.480 e. The number of halogens is 2. The summed E-state index contributed by atoms with van der Waals surface area (Å²) in [5, 5.41) is 0.199. The number of rotatable bonds is 7. The zero-order chi connectivity index (χ0) is 31.0. The molecule has 11 nitrogen and oxygen atoms in total. The standard InChI is InChI=1S/C30H25F2N5O6S/c1-42-28-26(35-44(40,41)27-8-6-20(31)15-24(27)32)14-19(17-33-28)18-5-7-25-23(13-18)29(38)37(30(39)34-25)22-4-2-3-21(16-22)36-9-11-43-12-10-36/h2-8,13-17,35H,9-12H2,1H3,(H,34,39). The number of hydrogen-bond acceptors (Lipinski definition) is 8. The lowest BCUT2D eigenvalue weighted by molar-refractivity contribution is 0.122. The number of aromatic nitrogens is 3. The number of sulfonamides is 1. The predicted octanol–water partition coefficient (Wildman–Crippen LogP) is 3.67. The molecule has 0 atom stereocenters. The fourth-order valence-corrected chi connectivity index (χ4v) is 6.13. The van der Waals surface area contributed by atoms with Gasteiger partial charge in [-0.3, -0.25) is 9.52 Å². The number of pyridine rings is 1. The highest BCUT2D eigenvalue weighted by atomic mass is 32.2. The zero-order valence-corrected chi connectivity index (χ0v) is 24.0. The van der Waals surface area contributed by atoms with E-state index < -0.39 is 37.8 Å². The third-order valence-electron chi connectivity index (χ3n) is 7.17. The summed E-state index contributed by atoms with van der Waals surface area (Å²) < 4.78 is 67.5. The molecule has 1 aliphatic heterocycles. The van der Waals surface area contributed by atoms with Gasteiger partial charge in [-0.15, -0.1) is 0 Å². The normalized spacial score (nSPS) is 13.7. The number of anilines is 2. The maximum Gasteiger partial charge on any atom is 0.333 e. The summed E-state index contributed by atoms with van der Waals surface area (Å²) in [5.74, 6) is -2.30. The van der Waals surface area contributed by atoms with Gasteiger partial charge in [0, 0.05) is 36.6 Å². The average Bonchev–Trinajstić information content (AvgIpc) is 3.01. The Kier molecular flexibility index (Phi) is 7.61. The van der Waals surface area contributed by atoms with E-state index in [1.54, 1.807) is 36.4 Å². The van der Waals surface area contributed by atoms with E-state index in [0.29, 0.717) is 54.7 Å². The summed E-state index contributed by atoms with van der Waals surface area (Å²) >= 11 is 0. The Hall–Kier alpha value is -5.08. The van der Waals surface area contributed by atoms with Crippen LogP contribution in [0.4, 0.5) is 20.2 Å². The van der Waals surface area contributed by atoms with Crippen LogP contribution in [-0.4, -0.2) is 56.4 Å². The molecule has 3 heterocycles. The summed E-state index contributed by atoms with van der Waals surface area (Å²) in [5.41, 5.74) is 1.12. The highest BCUT2D eigenvalue weighted by molar-refractivity contribution is 7.92. The van der Waals surface area contributed by atoms with E-state index in [-0.39, 0.29) is 17.0 Å². The summed E-state index contributed by atoms with van der Waals surface area (Å²) in [4.78, 5) is 35.0. The Morgan fingerprint density at radius 3 is 2.48 bits per heavy atom. The molecule has 0 bridgehead atoms. The van der Waals surface area contributed by atoms with Crippen molar-refractivity contribution in [2.45, 2.75) is 4.90 Å². The van der Waals surface area contributed by atoms with E-state index in [2.05, 4.69) is 19.6 Å². The summed E-state index contributed by atoms with van der Waals surface area (Å²) in [6.45, 7) is 2.53. The Labute approximate surface area is 249 Å². The molecule has 1 aliphatic rings. The van der Waals surface area contributed by atoms with Gasteiger partial charge in [-0.2, -0.15) is 0 Å². The van der Waals surface area contributed by atoms with Gasteiger partial charge in [0.1, 0.15) is 22.2 Å². The monoisotopic (exact) mass is 621 g/mol.